The highest BCUT2D eigenvalue weighted by atomic mass is 32.2. The van der Waals surface area contributed by atoms with Gasteiger partial charge in [0.2, 0.25) is 10.0 Å². The van der Waals surface area contributed by atoms with Crippen LogP contribution in [0.3, 0.4) is 0 Å². The Morgan fingerprint density at radius 2 is 1.95 bits per heavy atom. The zero-order chi connectivity index (χ0) is 16.2. The Morgan fingerprint density at radius 1 is 1.33 bits per heavy atom. The molecule has 0 atom stereocenters. The molecular formula is C14H21NO4S2. The summed E-state index contributed by atoms with van der Waals surface area (Å²) in [7, 11) is -0.787. The SMILES string of the molecule is CC(C)CCSc1ccc(S(=O)(=O)N(C)C)cc1C(=O)O. The molecule has 0 spiro atoms. The maximum Gasteiger partial charge on any atom is 0.336 e. The molecule has 0 bridgehead atoms. The van der Waals surface area contributed by atoms with Crippen LogP contribution in [0.2, 0.25) is 0 Å². The second-order valence-electron chi connectivity index (χ2n) is 5.28. The lowest BCUT2D eigenvalue weighted by molar-refractivity contribution is 0.0693. The number of carbonyl (C=O) groups is 1. The van der Waals surface area contributed by atoms with Crippen LogP contribution in [0.15, 0.2) is 28.0 Å². The number of hydrogen-bond donors (Lipinski definition) is 1. The van der Waals surface area contributed by atoms with Gasteiger partial charge in [-0.25, -0.2) is 17.5 Å². The number of nitrogens with zero attached hydrogens (tertiary/aromatic N) is 1. The number of aromatic carboxylic acids is 1. The Labute approximate surface area is 130 Å². The Kier molecular flexibility index (Phi) is 6.24. The van der Waals surface area contributed by atoms with Gasteiger partial charge in [0.1, 0.15) is 0 Å². The van der Waals surface area contributed by atoms with Crippen molar-refractivity contribution in [2.75, 3.05) is 19.8 Å². The van der Waals surface area contributed by atoms with Crippen LogP contribution >= 0.6 is 11.8 Å². The predicted molar refractivity (Wildman–Crippen MR) is 84.5 cm³/mol. The molecule has 118 valence electrons. The van der Waals surface area contributed by atoms with E-state index in [1.54, 1.807) is 6.07 Å². The Bertz CT molecular complexity index is 609. The summed E-state index contributed by atoms with van der Waals surface area (Å²) in [4.78, 5) is 11.9. The minimum Gasteiger partial charge on any atom is -0.478 e. The van der Waals surface area contributed by atoms with Crippen LogP contribution in [-0.2, 0) is 10.0 Å². The summed E-state index contributed by atoms with van der Waals surface area (Å²) in [6.45, 7) is 4.21. The number of carboxylic acids is 1. The van der Waals surface area contributed by atoms with E-state index in [0.29, 0.717) is 10.8 Å². The van der Waals surface area contributed by atoms with Crippen LogP contribution < -0.4 is 0 Å². The number of rotatable bonds is 7. The molecule has 5 nitrogen and oxygen atoms in total. The van der Waals surface area contributed by atoms with Crippen molar-refractivity contribution in [3.05, 3.63) is 23.8 Å². The second-order valence-corrected chi connectivity index (χ2v) is 8.57. The molecule has 0 aliphatic rings. The molecule has 0 unspecified atom stereocenters. The first-order chi connectivity index (χ1) is 9.66. The number of hydrogen-bond acceptors (Lipinski definition) is 4. The predicted octanol–water partition coefficient (Wildman–Crippen LogP) is 2.77. The van der Waals surface area contributed by atoms with Gasteiger partial charge in [0, 0.05) is 19.0 Å². The molecule has 0 aliphatic heterocycles. The van der Waals surface area contributed by atoms with Gasteiger partial charge in [-0.3, -0.25) is 0 Å². The summed E-state index contributed by atoms with van der Waals surface area (Å²) in [5, 5.41) is 9.28. The summed E-state index contributed by atoms with van der Waals surface area (Å²) < 4.78 is 25.2. The molecule has 0 heterocycles. The van der Waals surface area contributed by atoms with Gasteiger partial charge in [-0.05, 0) is 36.3 Å². The molecule has 0 radical (unpaired) electrons. The van der Waals surface area contributed by atoms with E-state index in [2.05, 4.69) is 13.8 Å². The lowest BCUT2D eigenvalue weighted by Crippen LogP contribution is -2.22. The summed E-state index contributed by atoms with van der Waals surface area (Å²) in [5.74, 6) is 0.231. The summed E-state index contributed by atoms with van der Waals surface area (Å²) >= 11 is 1.44. The van der Waals surface area contributed by atoms with E-state index in [4.69, 9.17) is 0 Å². The van der Waals surface area contributed by atoms with Crippen LogP contribution in [0.5, 0.6) is 0 Å². The van der Waals surface area contributed by atoms with Crippen LogP contribution in [0.1, 0.15) is 30.6 Å². The fourth-order valence-electron chi connectivity index (χ4n) is 1.58. The fraction of sp³-hybridized carbons (Fsp3) is 0.500. The Balaban J connectivity index is 3.11. The van der Waals surface area contributed by atoms with Gasteiger partial charge in [-0.15, -0.1) is 11.8 Å². The zero-order valence-electron chi connectivity index (χ0n) is 12.7. The molecule has 1 N–H and O–H groups in total. The van der Waals surface area contributed by atoms with Crippen LogP contribution in [-0.4, -0.2) is 43.6 Å². The fourth-order valence-corrected chi connectivity index (χ4v) is 3.78. The van der Waals surface area contributed by atoms with Gasteiger partial charge in [-0.2, -0.15) is 0 Å². The molecule has 7 heteroatoms. The standard InChI is InChI=1S/C14H21NO4S2/c1-10(2)7-8-20-13-6-5-11(9-12(13)14(16)17)21(18,19)15(3)4/h5-6,9-10H,7-8H2,1-4H3,(H,16,17). The molecule has 0 aromatic heterocycles. The third-order valence-electron chi connectivity index (χ3n) is 2.91. The van der Waals surface area contributed by atoms with Gasteiger partial charge in [0.15, 0.2) is 0 Å². The lowest BCUT2D eigenvalue weighted by Gasteiger charge is -2.13. The van der Waals surface area contributed by atoms with E-state index in [-0.39, 0.29) is 10.5 Å². The summed E-state index contributed by atoms with van der Waals surface area (Å²) in [6.07, 6.45) is 0.974. The van der Waals surface area contributed by atoms with Gasteiger partial charge in [0.25, 0.3) is 0 Å². The third-order valence-corrected chi connectivity index (χ3v) is 5.83. The first kappa shape index (κ1) is 18.0. The Morgan fingerprint density at radius 3 is 2.43 bits per heavy atom. The lowest BCUT2D eigenvalue weighted by atomic mass is 10.2. The summed E-state index contributed by atoms with van der Waals surface area (Å²) in [5.41, 5.74) is 0.0340. The molecule has 0 saturated heterocycles. The first-order valence-corrected chi connectivity index (χ1v) is 9.01. The van der Waals surface area contributed by atoms with E-state index >= 15 is 0 Å². The maximum atomic E-state index is 12.0. The van der Waals surface area contributed by atoms with Crippen LogP contribution in [0, 0.1) is 5.92 Å². The number of thioether (sulfide) groups is 1. The monoisotopic (exact) mass is 331 g/mol. The molecule has 0 saturated carbocycles. The number of sulfonamides is 1. The van der Waals surface area contributed by atoms with E-state index in [1.165, 1.54) is 38.0 Å². The van der Waals surface area contributed by atoms with Crippen molar-refractivity contribution in [3.63, 3.8) is 0 Å². The van der Waals surface area contributed by atoms with Crippen LogP contribution in [0.4, 0.5) is 0 Å². The quantitative estimate of drug-likeness (QED) is 0.778. The molecule has 1 aromatic rings. The number of carboxylic acid groups (broad SMARTS) is 1. The smallest absolute Gasteiger partial charge is 0.336 e. The van der Waals surface area contributed by atoms with Crippen molar-refractivity contribution in [2.24, 2.45) is 5.92 Å². The minimum absolute atomic E-state index is 0.00175. The molecule has 1 rings (SSSR count). The highest BCUT2D eigenvalue weighted by Crippen LogP contribution is 2.27. The molecule has 0 fully saturated rings. The third kappa shape index (κ3) is 4.72. The maximum absolute atomic E-state index is 12.0. The number of benzene rings is 1. The largest absolute Gasteiger partial charge is 0.478 e. The van der Waals surface area contributed by atoms with Crippen LogP contribution in [0.25, 0.3) is 0 Å². The molecule has 1 aromatic carbocycles. The van der Waals surface area contributed by atoms with Crippen molar-refractivity contribution < 1.29 is 18.3 Å². The van der Waals surface area contributed by atoms with Crippen molar-refractivity contribution in [1.29, 1.82) is 0 Å². The van der Waals surface area contributed by atoms with E-state index in [1.807, 2.05) is 0 Å². The van der Waals surface area contributed by atoms with Crippen molar-refractivity contribution in [3.8, 4) is 0 Å². The van der Waals surface area contributed by atoms with Gasteiger partial charge in [0.05, 0.1) is 10.5 Å². The molecule has 21 heavy (non-hydrogen) atoms. The highest BCUT2D eigenvalue weighted by molar-refractivity contribution is 7.99. The average molecular weight is 331 g/mol. The Hall–Kier alpha value is -1.05. The zero-order valence-corrected chi connectivity index (χ0v) is 14.3. The minimum atomic E-state index is -3.62. The summed E-state index contributed by atoms with van der Waals surface area (Å²) in [6, 6.07) is 4.26. The van der Waals surface area contributed by atoms with Gasteiger partial charge < -0.3 is 5.11 Å². The highest BCUT2D eigenvalue weighted by Gasteiger charge is 2.21. The normalized spacial score (nSPS) is 12.1. The first-order valence-electron chi connectivity index (χ1n) is 6.59. The van der Waals surface area contributed by atoms with Crippen molar-refractivity contribution in [1.82, 2.24) is 4.31 Å². The average Bonchev–Trinajstić information content (AvgIpc) is 2.37. The van der Waals surface area contributed by atoms with Gasteiger partial charge in [-0.1, -0.05) is 13.8 Å². The van der Waals surface area contributed by atoms with Crippen molar-refractivity contribution >= 4 is 27.8 Å². The molecule has 0 amide bonds. The van der Waals surface area contributed by atoms with E-state index in [0.717, 1.165) is 16.5 Å². The van der Waals surface area contributed by atoms with E-state index < -0.39 is 16.0 Å². The topological polar surface area (TPSA) is 74.7 Å². The van der Waals surface area contributed by atoms with Crippen molar-refractivity contribution in [2.45, 2.75) is 30.1 Å². The van der Waals surface area contributed by atoms with Gasteiger partial charge >= 0.3 is 5.97 Å². The molecule has 0 aliphatic carbocycles. The second kappa shape index (κ2) is 7.29. The van der Waals surface area contributed by atoms with E-state index in [9.17, 15) is 18.3 Å². The molecular weight excluding hydrogens is 310 g/mol.